The van der Waals surface area contributed by atoms with Crippen LogP contribution >= 0.6 is 35.0 Å². The maximum absolute atomic E-state index is 14.4. The Labute approximate surface area is 332 Å². The third-order valence-corrected chi connectivity index (χ3v) is 11.4. The summed E-state index contributed by atoms with van der Waals surface area (Å²) in [5.41, 5.74) is 0.918. The third kappa shape index (κ3) is 12.9. The topological polar surface area (TPSA) is 148 Å². The van der Waals surface area contributed by atoms with E-state index in [0.29, 0.717) is 88.0 Å². The number of likely N-dealkylation sites (tertiary alicyclic amines) is 1. The standard InChI is InChI=1S/C39H52Cl2N6O6S/c1-3-42-37(52)39(25-29-11-6-4-7-12-29)16-10-18-47(27-39)36(51)33(24-30-14-15-31(40)32(41)23-30)44-38(53)46-21-19-45(20-22-46)35(50)13-8-5-9-17-43-34(49)26-54-28(2)48/h4,6-7,11-12,14-15,23,33H,3,5,8-10,13,16-22,24-27H2,1-2H3,(H,42,52)(H,43,49)(H,44,53)/t33-,39+/m1/s1. The number of unbranched alkanes of at least 4 members (excludes halogenated alkanes) is 2. The molecule has 6 amide bonds. The highest BCUT2D eigenvalue weighted by Gasteiger charge is 2.44. The molecule has 2 aliphatic heterocycles. The summed E-state index contributed by atoms with van der Waals surface area (Å²) in [4.78, 5) is 82.5. The van der Waals surface area contributed by atoms with Crippen LogP contribution in [0.4, 0.5) is 4.79 Å². The number of halogens is 2. The van der Waals surface area contributed by atoms with Gasteiger partial charge in [-0.1, -0.05) is 77.8 Å². The molecule has 2 aromatic carbocycles. The van der Waals surface area contributed by atoms with Crippen LogP contribution in [0.2, 0.25) is 10.0 Å². The summed E-state index contributed by atoms with van der Waals surface area (Å²) in [5, 5.41) is 9.39. The van der Waals surface area contributed by atoms with Crippen LogP contribution in [0.3, 0.4) is 0 Å². The first-order valence-corrected chi connectivity index (χ1v) is 20.4. The second-order valence-electron chi connectivity index (χ2n) is 13.9. The van der Waals surface area contributed by atoms with Gasteiger partial charge in [-0.25, -0.2) is 4.79 Å². The molecule has 2 fully saturated rings. The number of benzene rings is 2. The Morgan fingerprint density at radius 1 is 0.833 bits per heavy atom. The molecule has 2 saturated heterocycles. The van der Waals surface area contributed by atoms with Crippen molar-refractivity contribution in [2.24, 2.45) is 5.41 Å². The van der Waals surface area contributed by atoms with Crippen molar-refractivity contribution < 1.29 is 28.8 Å². The Kier molecular flexibility index (Phi) is 17.0. The van der Waals surface area contributed by atoms with E-state index in [1.165, 1.54) is 6.92 Å². The molecule has 2 aliphatic rings. The van der Waals surface area contributed by atoms with E-state index in [9.17, 15) is 28.8 Å². The summed E-state index contributed by atoms with van der Waals surface area (Å²) >= 11 is 13.5. The molecule has 4 rings (SSSR count). The highest BCUT2D eigenvalue weighted by Crippen LogP contribution is 2.35. The van der Waals surface area contributed by atoms with E-state index in [1.54, 1.807) is 32.9 Å². The number of carbonyl (C=O) groups excluding carboxylic acids is 6. The van der Waals surface area contributed by atoms with Gasteiger partial charge in [0.2, 0.25) is 23.6 Å². The molecule has 0 aromatic heterocycles. The fraction of sp³-hybridized carbons (Fsp3) is 0.538. The van der Waals surface area contributed by atoms with Crippen LogP contribution in [0.25, 0.3) is 0 Å². The molecule has 0 radical (unpaired) electrons. The number of nitrogens with one attached hydrogen (secondary N) is 3. The summed E-state index contributed by atoms with van der Waals surface area (Å²) in [6.07, 6.45) is 4.48. The first-order valence-electron chi connectivity index (χ1n) is 18.7. The summed E-state index contributed by atoms with van der Waals surface area (Å²) < 4.78 is 0. The zero-order valence-corrected chi connectivity index (χ0v) is 33.5. The lowest BCUT2D eigenvalue weighted by molar-refractivity contribution is -0.143. The molecule has 2 aromatic rings. The molecule has 2 heterocycles. The fourth-order valence-corrected chi connectivity index (χ4v) is 7.73. The van der Waals surface area contributed by atoms with Crippen molar-refractivity contribution in [1.29, 1.82) is 0 Å². The first-order chi connectivity index (χ1) is 25.9. The number of nitrogens with zero attached hydrogens (tertiary/aromatic N) is 3. The molecule has 54 heavy (non-hydrogen) atoms. The number of urea groups is 1. The van der Waals surface area contributed by atoms with Crippen LogP contribution in [-0.4, -0.2) is 114 Å². The Hall–Kier alpha value is -3.81. The van der Waals surface area contributed by atoms with Crippen molar-refractivity contribution in [1.82, 2.24) is 30.7 Å². The highest BCUT2D eigenvalue weighted by molar-refractivity contribution is 8.14. The first kappa shape index (κ1) is 42.9. The van der Waals surface area contributed by atoms with Gasteiger partial charge >= 0.3 is 6.03 Å². The van der Waals surface area contributed by atoms with Crippen LogP contribution in [-0.2, 0) is 36.8 Å². The smallest absolute Gasteiger partial charge is 0.318 e. The Balaban J connectivity index is 1.35. The van der Waals surface area contributed by atoms with E-state index in [2.05, 4.69) is 16.0 Å². The molecular formula is C39H52Cl2N6O6S. The van der Waals surface area contributed by atoms with E-state index < -0.39 is 17.5 Å². The fourth-order valence-electron chi connectivity index (χ4n) is 6.97. The lowest BCUT2D eigenvalue weighted by Crippen LogP contribution is -2.60. The van der Waals surface area contributed by atoms with Gasteiger partial charge in [0.05, 0.1) is 21.2 Å². The second kappa shape index (κ2) is 21.3. The van der Waals surface area contributed by atoms with E-state index in [0.717, 1.165) is 35.7 Å². The second-order valence-corrected chi connectivity index (χ2v) is 15.9. The molecule has 0 saturated carbocycles. The highest BCUT2D eigenvalue weighted by atomic mass is 35.5. The summed E-state index contributed by atoms with van der Waals surface area (Å²) in [6, 6.07) is 13.6. The van der Waals surface area contributed by atoms with Gasteiger partial charge in [0.25, 0.3) is 0 Å². The van der Waals surface area contributed by atoms with Gasteiger partial charge in [0.1, 0.15) is 6.04 Å². The minimum Gasteiger partial charge on any atom is -0.356 e. The molecule has 0 unspecified atom stereocenters. The molecule has 0 spiro atoms. The largest absolute Gasteiger partial charge is 0.356 e. The van der Waals surface area contributed by atoms with Gasteiger partial charge in [-0.3, -0.25) is 24.0 Å². The Morgan fingerprint density at radius 2 is 1.56 bits per heavy atom. The maximum Gasteiger partial charge on any atom is 0.318 e. The van der Waals surface area contributed by atoms with E-state index in [-0.39, 0.29) is 47.5 Å². The lowest BCUT2D eigenvalue weighted by Gasteiger charge is -2.43. The molecule has 0 bridgehead atoms. The molecule has 12 nitrogen and oxygen atoms in total. The average Bonchev–Trinajstić information content (AvgIpc) is 3.16. The van der Waals surface area contributed by atoms with Gasteiger partial charge in [-0.05, 0) is 62.3 Å². The van der Waals surface area contributed by atoms with Gasteiger partial charge in [-0.15, -0.1) is 0 Å². The van der Waals surface area contributed by atoms with Crippen molar-refractivity contribution in [2.45, 2.75) is 71.3 Å². The maximum atomic E-state index is 14.4. The normalized spacial score (nSPS) is 17.7. The van der Waals surface area contributed by atoms with Crippen LogP contribution in [0.1, 0.15) is 63.5 Å². The monoisotopic (exact) mass is 802 g/mol. The van der Waals surface area contributed by atoms with Crippen LogP contribution in [0.15, 0.2) is 48.5 Å². The number of piperazine rings is 1. The summed E-state index contributed by atoms with van der Waals surface area (Å²) in [5.74, 6) is -0.421. The minimum absolute atomic E-state index is 0.0146. The van der Waals surface area contributed by atoms with Crippen molar-refractivity contribution in [3.8, 4) is 0 Å². The number of hydrogen-bond acceptors (Lipinski definition) is 7. The van der Waals surface area contributed by atoms with Crippen molar-refractivity contribution in [3.63, 3.8) is 0 Å². The zero-order valence-electron chi connectivity index (χ0n) is 31.2. The van der Waals surface area contributed by atoms with E-state index in [4.69, 9.17) is 23.2 Å². The number of rotatable bonds is 16. The summed E-state index contributed by atoms with van der Waals surface area (Å²) in [7, 11) is 0. The van der Waals surface area contributed by atoms with Crippen LogP contribution in [0, 0.1) is 5.41 Å². The molecule has 3 N–H and O–H groups in total. The van der Waals surface area contributed by atoms with Crippen molar-refractivity contribution in [2.75, 3.05) is 58.1 Å². The molecule has 15 heteroatoms. The van der Waals surface area contributed by atoms with Gasteiger partial charge in [0, 0.05) is 72.1 Å². The van der Waals surface area contributed by atoms with Gasteiger partial charge in [-0.2, -0.15) is 0 Å². The predicted octanol–water partition coefficient (Wildman–Crippen LogP) is 4.70. The third-order valence-electron chi connectivity index (χ3n) is 9.83. The van der Waals surface area contributed by atoms with Gasteiger partial charge < -0.3 is 30.7 Å². The quantitative estimate of drug-likeness (QED) is 0.209. The molecule has 294 valence electrons. The predicted molar refractivity (Wildman–Crippen MR) is 212 cm³/mol. The number of hydrogen-bond donors (Lipinski definition) is 3. The lowest BCUT2D eigenvalue weighted by atomic mass is 9.74. The molecule has 0 aliphatic carbocycles. The number of amides is 6. The zero-order chi connectivity index (χ0) is 39.1. The number of thioether (sulfide) groups is 1. The molecule has 2 atom stereocenters. The minimum atomic E-state index is -0.936. The van der Waals surface area contributed by atoms with Crippen LogP contribution < -0.4 is 16.0 Å². The van der Waals surface area contributed by atoms with Crippen molar-refractivity contribution >= 4 is 69.7 Å². The van der Waals surface area contributed by atoms with Crippen molar-refractivity contribution in [3.05, 3.63) is 69.7 Å². The number of carbonyl (C=O) groups is 6. The Morgan fingerprint density at radius 3 is 2.24 bits per heavy atom. The summed E-state index contributed by atoms with van der Waals surface area (Å²) in [6.45, 7) is 6.34. The average molecular weight is 804 g/mol. The van der Waals surface area contributed by atoms with E-state index >= 15 is 0 Å². The molecular weight excluding hydrogens is 751 g/mol. The number of piperidine rings is 1. The van der Waals surface area contributed by atoms with Crippen LogP contribution in [0.5, 0.6) is 0 Å². The SMILES string of the molecule is CCNC(=O)[C@]1(Cc2ccccc2)CCCN(C(=O)[C@@H](Cc2ccc(Cl)c(Cl)c2)NC(=O)N2CCN(C(=O)CCCCCNC(=O)CSC(C)=O)CC2)C1. The van der Waals surface area contributed by atoms with E-state index in [1.807, 2.05) is 37.3 Å². The van der Waals surface area contributed by atoms with Gasteiger partial charge in [0.15, 0.2) is 5.12 Å². The Bertz CT molecular complexity index is 1630.